The number of aromatic carboxylic acids is 1. The molecule has 10 heteroatoms. The van der Waals surface area contributed by atoms with Gasteiger partial charge >= 0.3 is 11.9 Å². The van der Waals surface area contributed by atoms with Gasteiger partial charge in [-0.2, -0.15) is 0 Å². The average molecular weight is 807 g/mol. The molecule has 57 heavy (non-hydrogen) atoms. The van der Waals surface area contributed by atoms with Crippen molar-refractivity contribution in [3.63, 3.8) is 0 Å². The molecule has 0 saturated carbocycles. The number of carbonyl (C=O) groups is 2. The summed E-state index contributed by atoms with van der Waals surface area (Å²) in [6.07, 6.45) is 0. The first-order valence-corrected chi connectivity index (χ1v) is 19.3. The standard InChI is InChI=1S/C23H22O4S.C22H20O4S.2CH4/c1-25-16-27-21-14-13-19(17-9-5-3-6-10-17)20(22(21)23(24)26-2)15-28-18-11-7-4-8-12-18;1-25-15-26-20-13-12-18(16-8-4-2-5-9-16)19(21(20)22(23)24)14-27-17-10-6-3-7-11-17;;/h3-14H,15-16H2,1-2H3;2-13H,14-15H2,1H3,(H,23,24);2*1H4. The first-order valence-electron chi connectivity index (χ1n) is 17.3. The van der Waals surface area contributed by atoms with E-state index in [0.717, 1.165) is 43.2 Å². The highest BCUT2D eigenvalue weighted by Crippen LogP contribution is 2.38. The molecule has 0 bridgehead atoms. The molecule has 0 aliphatic carbocycles. The molecule has 0 aliphatic rings. The van der Waals surface area contributed by atoms with Crippen molar-refractivity contribution in [3.05, 3.63) is 168 Å². The van der Waals surface area contributed by atoms with Crippen LogP contribution in [0.2, 0.25) is 0 Å². The van der Waals surface area contributed by atoms with Crippen LogP contribution in [0.5, 0.6) is 11.5 Å². The maximum absolute atomic E-state index is 12.7. The van der Waals surface area contributed by atoms with Crippen LogP contribution in [0.15, 0.2) is 155 Å². The van der Waals surface area contributed by atoms with E-state index in [4.69, 9.17) is 23.7 Å². The Balaban J connectivity index is 0.000000295. The van der Waals surface area contributed by atoms with E-state index in [9.17, 15) is 14.7 Å². The van der Waals surface area contributed by atoms with E-state index in [-0.39, 0.29) is 34.0 Å². The highest BCUT2D eigenvalue weighted by Gasteiger charge is 2.23. The van der Waals surface area contributed by atoms with Gasteiger partial charge in [-0.05, 0) is 69.8 Å². The SMILES string of the molecule is C.C.COCOc1ccc(-c2ccccc2)c(CSc2ccccc2)c1C(=O)O.COCOc1ccc(-c2ccccc2)c(CSc2ccccc2)c1C(=O)OC. The van der Waals surface area contributed by atoms with Crippen LogP contribution in [0.3, 0.4) is 0 Å². The summed E-state index contributed by atoms with van der Waals surface area (Å²) in [6.45, 7) is 0.0518. The van der Waals surface area contributed by atoms with Crippen molar-refractivity contribution < 1.29 is 38.4 Å². The molecule has 0 aliphatic heterocycles. The molecule has 0 unspecified atom stereocenters. The van der Waals surface area contributed by atoms with Gasteiger partial charge in [0.15, 0.2) is 13.6 Å². The van der Waals surface area contributed by atoms with Crippen LogP contribution in [0.4, 0.5) is 0 Å². The molecule has 0 radical (unpaired) electrons. The Hall–Kier alpha value is -5.52. The Morgan fingerprint density at radius 1 is 0.509 bits per heavy atom. The second-order valence-corrected chi connectivity index (χ2v) is 13.9. The average Bonchev–Trinajstić information content (AvgIpc) is 3.24. The lowest BCUT2D eigenvalue weighted by molar-refractivity contribution is 0.0462. The molecule has 0 atom stereocenters. The fourth-order valence-corrected chi connectivity index (χ4v) is 7.64. The van der Waals surface area contributed by atoms with Gasteiger partial charge in [0.25, 0.3) is 0 Å². The molecule has 298 valence electrons. The third-order valence-electron chi connectivity index (χ3n) is 8.24. The minimum atomic E-state index is -1.01. The van der Waals surface area contributed by atoms with Gasteiger partial charge in [0.2, 0.25) is 0 Å². The zero-order chi connectivity index (χ0) is 38.8. The van der Waals surface area contributed by atoms with Crippen molar-refractivity contribution in [2.75, 3.05) is 34.9 Å². The Bertz CT molecular complexity index is 2110. The number of rotatable bonds is 16. The lowest BCUT2D eigenvalue weighted by Gasteiger charge is -2.18. The molecule has 1 N–H and O–H groups in total. The first kappa shape index (κ1) is 45.9. The highest BCUT2D eigenvalue weighted by molar-refractivity contribution is 7.98. The van der Waals surface area contributed by atoms with Crippen molar-refractivity contribution in [2.24, 2.45) is 0 Å². The number of hydrogen-bond donors (Lipinski definition) is 1. The van der Waals surface area contributed by atoms with Crippen LogP contribution in [0, 0.1) is 0 Å². The van der Waals surface area contributed by atoms with Crippen LogP contribution >= 0.6 is 23.5 Å². The van der Waals surface area contributed by atoms with Crippen LogP contribution < -0.4 is 9.47 Å². The lowest BCUT2D eigenvalue weighted by Crippen LogP contribution is -2.11. The quantitative estimate of drug-likeness (QED) is 0.0578. The molecule has 0 heterocycles. The van der Waals surface area contributed by atoms with Gasteiger partial charge in [-0.25, -0.2) is 9.59 Å². The number of carboxylic acid groups (broad SMARTS) is 1. The number of methoxy groups -OCH3 is 3. The zero-order valence-corrected chi connectivity index (χ0v) is 32.4. The predicted molar refractivity (Wildman–Crippen MR) is 233 cm³/mol. The molecular formula is C47H50O8S2. The maximum atomic E-state index is 12.7. The van der Waals surface area contributed by atoms with Crippen molar-refractivity contribution in [1.82, 2.24) is 0 Å². The lowest BCUT2D eigenvalue weighted by atomic mass is 9.95. The van der Waals surface area contributed by atoms with E-state index in [1.807, 2.05) is 121 Å². The van der Waals surface area contributed by atoms with E-state index in [1.165, 1.54) is 14.2 Å². The fourth-order valence-electron chi connectivity index (χ4n) is 5.72. The monoisotopic (exact) mass is 806 g/mol. The van der Waals surface area contributed by atoms with Gasteiger partial charge in [0.1, 0.15) is 22.6 Å². The summed E-state index contributed by atoms with van der Waals surface area (Å²) in [6, 6.07) is 47.2. The minimum Gasteiger partial charge on any atom is -0.478 e. The maximum Gasteiger partial charge on any atom is 0.341 e. The van der Waals surface area contributed by atoms with Crippen LogP contribution in [0.1, 0.15) is 46.7 Å². The molecule has 0 aromatic heterocycles. The molecule has 0 spiro atoms. The Morgan fingerprint density at radius 3 is 1.25 bits per heavy atom. The van der Waals surface area contributed by atoms with E-state index in [0.29, 0.717) is 28.6 Å². The molecule has 6 aromatic rings. The van der Waals surface area contributed by atoms with Gasteiger partial charge in [0, 0.05) is 35.5 Å². The largest absolute Gasteiger partial charge is 0.478 e. The Labute approximate surface area is 345 Å². The van der Waals surface area contributed by atoms with Crippen LogP contribution in [-0.4, -0.2) is 52.0 Å². The molecule has 0 saturated heterocycles. The molecule has 6 aromatic carbocycles. The van der Waals surface area contributed by atoms with Crippen molar-refractivity contribution in [1.29, 1.82) is 0 Å². The number of benzene rings is 6. The van der Waals surface area contributed by atoms with Gasteiger partial charge in [-0.1, -0.05) is 124 Å². The van der Waals surface area contributed by atoms with E-state index in [2.05, 4.69) is 12.1 Å². The summed E-state index contributed by atoms with van der Waals surface area (Å²) in [4.78, 5) is 26.9. The number of ether oxygens (including phenoxy) is 5. The molecule has 8 nitrogen and oxygen atoms in total. The third kappa shape index (κ3) is 12.7. The summed E-state index contributed by atoms with van der Waals surface area (Å²) in [7, 11) is 4.43. The van der Waals surface area contributed by atoms with Crippen molar-refractivity contribution in [3.8, 4) is 33.8 Å². The van der Waals surface area contributed by atoms with Crippen LogP contribution in [-0.2, 0) is 25.7 Å². The number of hydrogen-bond acceptors (Lipinski definition) is 9. The molecule has 0 amide bonds. The third-order valence-corrected chi connectivity index (χ3v) is 10.3. The summed E-state index contributed by atoms with van der Waals surface area (Å²) >= 11 is 3.26. The number of thioether (sulfide) groups is 2. The second kappa shape index (κ2) is 24.2. The molecular weight excluding hydrogens is 757 g/mol. The Morgan fingerprint density at radius 2 is 0.877 bits per heavy atom. The topological polar surface area (TPSA) is 101 Å². The second-order valence-electron chi connectivity index (χ2n) is 11.8. The van der Waals surface area contributed by atoms with Crippen molar-refractivity contribution >= 4 is 35.5 Å². The number of carboxylic acids is 1. The molecule has 6 rings (SSSR count). The smallest absolute Gasteiger partial charge is 0.341 e. The normalized spacial score (nSPS) is 10.2. The van der Waals surface area contributed by atoms with E-state index >= 15 is 0 Å². The minimum absolute atomic E-state index is 0. The zero-order valence-electron chi connectivity index (χ0n) is 30.8. The van der Waals surface area contributed by atoms with E-state index < -0.39 is 11.9 Å². The molecule has 0 fully saturated rings. The van der Waals surface area contributed by atoms with E-state index in [1.54, 1.807) is 42.8 Å². The predicted octanol–water partition coefficient (Wildman–Crippen LogP) is 12.0. The highest BCUT2D eigenvalue weighted by atomic mass is 32.2. The van der Waals surface area contributed by atoms with Gasteiger partial charge < -0.3 is 28.8 Å². The van der Waals surface area contributed by atoms with Crippen molar-refractivity contribution in [2.45, 2.75) is 36.1 Å². The van der Waals surface area contributed by atoms with Gasteiger partial charge in [-0.3, -0.25) is 0 Å². The summed E-state index contributed by atoms with van der Waals surface area (Å²) in [5.74, 6) is 0.447. The Kier molecular flexibility index (Phi) is 19.5. The number of esters is 1. The summed E-state index contributed by atoms with van der Waals surface area (Å²) < 4.78 is 26.2. The van der Waals surface area contributed by atoms with Gasteiger partial charge in [-0.15, -0.1) is 23.5 Å². The summed E-state index contributed by atoms with van der Waals surface area (Å²) in [5.41, 5.74) is 6.10. The van der Waals surface area contributed by atoms with Gasteiger partial charge in [0.05, 0.1) is 7.11 Å². The fraction of sp³-hybridized carbons (Fsp3) is 0.191. The van der Waals surface area contributed by atoms with Crippen LogP contribution in [0.25, 0.3) is 22.3 Å². The first-order chi connectivity index (χ1) is 26.9. The number of carbonyl (C=O) groups excluding carboxylic acids is 1. The summed E-state index contributed by atoms with van der Waals surface area (Å²) in [5, 5.41) is 9.88.